The van der Waals surface area contributed by atoms with Gasteiger partial charge in [0.2, 0.25) is 0 Å². The third-order valence-electron chi connectivity index (χ3n) is 2.80. The lowest BCUT2D eigenvalue weighted by Crippen LogP contribution is -2.31. The molecule has 0 aliphatic rings. The van der Waals surface area contributed by atoms with Crippen LogP contribution in [-0.2, 0) is 11.7 Å². The summed E-state index contributed by atoms with van der Waals surface area (Å²) in [6.07, 6.45) is -3.52. The second-order valence-electron chi connectivity index (χ2n) is 5.01. The lowest BCUT2D eigenvalue weighted by Gasteiger charge is -2.21. The van der Waals surface area contributed by atoms with E-state index in [9.17, 15) is 17.6 Å². The summed E-state index contributed by atoms with van der Waals surface area (Å²) in [4.78, 5) is 0. The van der Waals surface area contributed by atoms with E-state index >= 15 is 0 Å². The third kappa shape index (κ3) is 2.67. The van der Waals surface area contributed by atoms with Crippen molar-refractivity contribution >= 4 is 0 Å². The van der Waals surface area contributed by atoms with Gasteiger partial charge >= 0.3 is 6.18 Å². The Morgan fingerprint density at radius 1 is 1.10 bits per heavy atom. The molecule has 0 bridgehead atoms. The van der Waals surface area contributed by atoms with Crippen LogP contribution in [0.25, 0.3) is 5.69 Å². The van der Waals surface area contributed by atoms with Crippen LogP contribution in [0, 0.1) is 5.82 Å². The molecule has 2 rings (SSSR count). The molecule has 1 heterocycles. The molecule has 1 aromatic carbocycles. The number of hydrogen-bond acceptors (Lipinski definition) is 2. The standard InChI is InChI=1S/C13H13F4N3/c1-12(2,18)10-7-19-20(11(10)13(15,16)17)9-5-3-8(14)4-6-9/h3-7H,18H2,1-2H3. The molecule has 2 N–H and O–H groups in total. The van der Waals surface area contributed by atoms with Crippen molar-refractivity contribution < 1.29 is 17.6 Å². The summed E-state index contributed by atoms with van der Waals surface area (Å²) in [6.45, 7) is 2.93. The van der Waals surface area contributed by atoms with Gasteiger partial charge in [0.1, 0.15) is 5.82 Å². The Morgan fingerprint density at radius 3 is 2.10 bits per heavy atom. The fourth-order valence-electron chi connectivity index (χ4n) is 1.87. The van der Waals surface area contributed by atoms with Crippen LogP contribution in [0.15, 0.2) is 30.5 Å². The van der Waals surface area contributed by atoms with Gasteiger partial charge < -0.3 is 5.73 Å². The zero-order chi connectivity index (χ0) is 15.1. The maximum Gasteiger partial charge on any atom is 0.433 e. The molecule has 0 saturated heterocycles. The van der Waals surface area contributed by atoms with E-state index in [-0.39, 0.29) is 11.3 Å². The number of nitrogens with two attached hydrogens (primary N) is 1. The zero-order valence-corrected chi connectivity index (χ0v) is 10.9. The first-order chi connectivity index (χ1) is 9.10. The normalized spacial score (nSPS) is 12.8. The topological polar surface area (TPSA) is 43.8 Å². The highest BCUT2D eigenvalue weighted by atomic mass is 19.4. The number of benzene rings is 1. The molecule has 0 aliphatic carbocycles. The van der Waals surface area contributed by atoms with Gasteiger partial charge in [-0.3, -0.25) is 0 Å². The summed E-state index contributed by atoms with van der Waals surface area (Å²) in [5.41, 5.74) is 3.62. The van der Waals surface area contributed by atoms with Crippen LogP contribution in [0.4, 0.5) is 17.6 Å². The molecular weight excluding hydrogens is 274 g/mol. The Hall–Kier alpha value is -1.89. The Labute approximate surface area is 113 Å². The van der Waals surface area contributed by atoms with Crippen molar-refractivity contribution in [1.29, 1.82) is 0 Å². The van der Waals surface area contributed by atoms with Gasteiger partial charge in [-0.1, -0.05) is 0 Å². The van der Waals surface area contributed by atoms with Crippen LogP contribution in [-0.4, -0.2) is 9.78 Å². The van der Waals surface area contributed by atoms with E-state index in [1.807, 2.05) is 0 Å². The quantitative estimate of drug-likeness (QED) is 0.862. The molecule has 108 valence electrons. The van der Waals surface area contributed by atoms with Crippen molar-refractivity contribution in [3.63, 3.8) is 0 Å². The van der Waals surface area contributed by atoms with Crippen LogP contribution in [0.5, 0.6) is 0 Å². The van der Waals surface area contributed by atoms with Crippen molar-refractivity contribution in [3.05, 3.63) is 47.5 Å². The molecule has 3 nitrogen and oxygen atoms in total. The van der Waals surface area contributed by atoms with Crippen LogP contribution in [0.2, 0.25) is 0 Å². The fourth-order valence-corrected chi connectivity index (χ4v) is 1.87. The first-order valence-electron chi connectivity index (χ1n) is 5.81. The average Bonchev–Trinajstić information content (AvgIpc) is 2.73. The summed E-state index contributed by atoms with van der Waals surface area (Å²) in [5.74, 6) is -0.533. The van der Waals surface area contributed by atoms with Gasteiger partial charge in [0.25, 0.3) is 0 Å². The first kappa shape index (κ1) is 14.5. The molecule has 0 fully saturated rings. The molecule has 0 amide bonds. The molecule has 0 radical (unpaired) electrons. The number of hydrogen-bond donors (Lipinski definition) is 1. The minimum Gasteiger partial charge on any atom is -0.322 e. The van der Waals surface area contributed by atoms with Gasteiger partial charge in [0.05, 0.1) is 11.9 Å². The van der Waals surface area contributed by atoms with E-state index in [1.165, 1.54) is 26.0 Å². The number of rotatable bonds is 2. The highest BCUT2D eigenvalue weighted by Crippen LogP contribution is 2.37. The summed E-state index contributed by atoms with van der Waals surface area (Å²) in [5, 5.41) is 3.74. The van der Waals surface area contributed by atoms with E-state index in [2.05, 4.69) is 5.10 Å². The minimum atomic E-state index is -4.61. The predicted octanol–water partition coefficient (Wildman–Crippen LogP) is 3.22. The second-order valence-corrected chi connectivity index (χ2v) is 5.01. The monoisotopic (exact) mass is 287 g/mol. The summed E-state index contributed by atoms with van der Waals surface area (Å²) in [7, 11) is 0. The molecule has 2 aromatic rings. The van der Waals surface area contributed by atoms with Gasteiger partial charge in [-0.05, 0) is 38.1 Å². The van der Waals surface area contributed by atoms with Gasteiger partial charge in [-0.15, -0.1) is 0 Å². The maximum absolute atomic E-state index is 13.2. The fraction of sp³-hybridized carbons (Fsp3) is 0.308. The molecule has 0 saturated carbocycles. The van der Waals surface area contributed by atoms with Crippen molar-refractivity contribution in [2.75, 3.05) is 0 Å². The van der Waals surface area contributed by atoms with Crippen molar-refractivity contribution in [2.45, 2.75) is 25.6 Å². The van der Waals surface area contributed by atoms with Crippen LogP contribution < -0.4 is 5.73 Å². The van der Waals surface area contributed by atoms with E-state index < -0.39 is 23.2 Å². The molecule has 0 spiro atoms. The lowest BCUT2D eigenvalue weighted by atomic mass is 9.96. The first-order valence-corrected chi connectivity index (χ1v) is 5.81. The Morgan fingerprint density at radius 2 is 1.65 bits per heavy atom. The molecule has 0 unspecified atom stereocenters. The lowest BCUT2D eigenvalue weighted by molar-refractivity contribution is -0.143. The van der Waals surface area contributed by atoms with Crippen LogP contribution in [0.3, 0.4) is 0 Å². The second kappa shape index (κ2) is 4.59. The SMILES string of the molecule is CC(C)(N)c1cnn(-c2ccc(F)cc2)c1C(F)(F)F. The van der Waals surface area contributed by atoms with Gasteiger partial charge in [-0.2, -0.15) is 18.3 Å². The number of nitrogens with zero attached hydrogens (tertiary/aromatic N) is 2. The van der Waals surface area contributed by atoms with Crippen LogP contribution >= 0.6 is 0 Å². The number of aromatic nitrogens is 2. The predicted molar refractivity (Wildman–Crippen MR) is 65.7 cm³/mol. The van der Waals surface area contributed by atoms with Gasteiger partial charge in [-0.25, -0.2) is 9.07 Å². The van der Waals surface area contributed by atoms with E-state index in [1.54, 1.807) is 0 Å². The van der Waals surface area contributed by atoms with Crippen LogP contribution in [0.1, 0.15) is 25.1 Å². The molecule has 0 aliphatic heterocycles. The molecule has 7 heteroatoms. The van der Waals surface area contributed by atoms with E-state index in [4.69, 9.17) is 5.73 Å². The summed E-state index contributed by atoms with van der Waals surface area (Å²) < 4.78 is 53.3. The van der Waals surface area contributed by atoms with E-state index in [0.717, 1.165) is 23.0 Å². The molecule has 1 aromatic heterocycles. The third-order valence-corrected chi connectivity index (χ3v) is 2.80. The molecule has 20 heavy (non-hydrogen) atoms. The Kier molecular flexibility index (Phi) is 3.33. The average molecular weight is 287 g/mol. The number of halogens is 4. The molecule has 0 atom stereocenters. The maximum atomic E-state index is 13.2. The highest BCUT2D eigenvalue weighted by Gasteiger charge is 2.41. The summed E-state index contributed by atoms with van der Waals surface area (Å²) in [6, 6.07) is 4.60. The van der Waals surface area contributed by atoms with Crippen molar-refractivity contribution in [1.82, 2.24) is 9.78 Å². The van der Waals surface area contributed by atoms with Gasteiger partial charge in [0.15, 0.2) is 5.69 Å². The highest BCUT2D eigenvalue weighted by molar-refractivity contribution is 5.38. The molecular formula is C13H13F4N3. The Balaban J connectivity index is 2.66. The minimum absolute atomic E-state index is 0.116. The zero-order valence-electron chi connectivity index (χ0n) is 10.9. The van der Waals surface area contributed by atoms with Crippen molar-refractivity contribution in [2.24, 2.45) is 5.73 Å². The smallest absolute Gasteiger partial charge is 0.322 e. The van der Waals surface area contributed by atoms with E-state index in [0.29, 0.717) is 0 Å². The number of alkyl halides is 3. The largest absolute Gasteiger partial charge is 0.433 e. The van der Waals surface area contributed by atoms with Gasteiger partial charge in [0, 0.05) is 11.1 Å². The summed E-state index contributed by atoms with van der Waals surface area (Å²) >= 11 is 0. The Bertz CT molecular complexity index is 606. The van der Waals surface area contributed by atoms with Crippen molar-refractivity contribution in [3.8, 4) is 5.69 Å².